The molecule has 2 fully saturated rings. The lowest BCUT2D eigenvalue weighted by molar-refractivity contribution is 0.0949. The van der Waals surface area contributed by atoms with Crippen LogP contribution in [0.15, 0.2) is 53.5 Å². The molecule has 0 bridgehead atoms. The first-order chi connectivity index (χ1) is 20.9. The van der Waals surface area contributed by atoms with Gasteiger partial charge in [-0.2, -0.15) is 0 Å². The topological polar surface area (TPSA) is 78.8 Å². The molecule has 9 heteroatoms. The van der Waals surface area contributed by atoms with Gasteiger partial charge in [0.2, 0.25) is 5.43 Å². The number of ether oxygens (including phenoxy) is 1. The number of rotatable bonds is 6. The molecular formula is C34H38FN5O3. The van der Waals surface area contributed by atoms with Crippen molar-refractivity contribution in [2.45, 2.75) is 50.6 Å². The van der Waals surface area contributed by atoms with E-state index in [1.807, 2.05) is 52.9 Å². The number of benzene rings is 3. The maximum Gasteiger partial charge on any atom is 0.256 e. The Balaban J connectivity index is 1.36. The van der Waals surface area contributed by atoms with Gasteiger partial charge < -0.3 is 29.7 Å². The summed E-state index contributed by atoms with van der Waals surface area (Å²) in [5, 5.41) is 8.53. The highest BCUT2D eigenvalue weighted by Gasteiger charge is 2.32. The summed E-state index contributed by atoms with van der Waals surface area (Å²) in [4.78, 5) is 31.6. The summed E-state index contributed by atoms with van der Waals surface area (Å²) < 4.78 is 24.6. The second-order valence-corrected chi connectivity index (χ2v) is 12.2. The van der Waals surface area contributed by atoms with Gasteiger partial charge in [-0.15, -0.1) is 0 Å². The quantitative estimate of drug-likeness (QED) is 0.287. The molecule has 0 aliphatic carbocycles. The molecule has 2 atom stereocenters. The number of aromatic nitrogens is 1. The van der Waals surface area contributed by atoms with Crippen molar-refractivity contribution in [2.24, 2.45) is 0 Å². The van der Waals surface area contributed by atoms with E-state index in [4.69, 9.17) is 4.74 Å². The van der Waals surface area contributed by atoms with Gasteiger partial charge in [-0.25, -0.2) is 4.39 Å². The number of anilines is 1. The number of likely N-dealkylation sites (N-methyl/N-ethyl adjacent to an activating group) is 1. The normalized spacial score (nSPS) is 20.1. The van der Waals surface area contributed by atoms with Gasteiger partial charge in [0.25, 0.3) is 5.91 Å². The van der Waals surface area contributed by atoms with Gasteiger partial charge in [0, 0.05) is 38.4 Å². The Morgan fingerprint density at radius 1 is 1.14 bits per heavy atom. The van der Waals surface area contributed by atoms with Crippen LogP contribution in [0.2, 0.25) is 0 Å². The lowest BCUT2D eigenvalue weighted by atomic mass is 10.0. The molecule has 4 aromatic rings. The van der Waals surface area contributed by atoms with Crippen molar-refractivity contribution in [3.8, 4) is 17.2 Å². The zero-order valence-electron chi connectivity index (χ0n) is 24.8. The van der Waals surface area contributed by atoms with Crippen molar-refractivity contribution in [3.05, 3.63) is 70.3 Å². The van der Waals surface area contributed by atoms with E-state index in [-0.39, 0.29) is 17.0 Å². The Morgan fingerprint density at radius 2 is 1.95 bits per heavy atom. The lowest BCUT2D eigenvalue weighted by Crippen LogP contribution is -2.39. The van der Waals surface area contributed by atoms with Gasteiger partial charge in [0.1, 0.15) is 16.8 Å². The zero-order valence-corrected chi connectivity index (χ0v) is 24.8. The molecule has 2 saturated heterocycles. The number of carbonyl (C=O) groups is 1. The fraction of sp³-hybridized carbons (Fsp3) is 0.412. The molecule has 3 aromatic carbocycles. The number of amides is 1. The molecule has 0 saturated carbocycles. The lowest BCUT2D eigenvalue weighted by Gasteiger charge is -2.33. The number of nitrogens with zero attached hydrogens (tertiary/aromatic N) is 3. The average molecular weight is 584 g/mol. The van der Waals surface area contributed by atoms with Crippen LogP contribution in [0.4, 0.5) is 10.1 Å². The molecule has 2 unspecified atom stereocenters. The molecular weight excluding hydrogens is 545 g/mol. The zero-order chi connectivity index (χ0) is 29.7. The predicted molar refractivity (Wildman–Crippen MR) is 169 cm³/mol. The van der Waals surface area contributed by atoms with Crippen LogP contribution in [0.1, 0.15) is 48.9 Å². The van der Waals surface area contributed by atoms with Crippen LogP contribution < -0.4 is 25.7 Å². The predicted octanol–water partition coefficient (Wildman–Crippen LogP) is 5.18. The van der Waals surface area contributed by atoms with Gasteiger partial charge in [-0.3, -0.25) is 9.59 Å². The molecule has 2 N–H and O–H groups in total. The minimum atomic E-state index is -0.538. The molecule has 7 rings (SSSR count). The first kappa shape index (κ1) is 27.9. The Hall–Kier alpha value is -3.95. The molecule has 4 heterocycles. The molecule has 3 aliphatic heterocycles. The number of halogens is 1. The molecule has 43 heavy (non-hydrogen) atoms. The molecule has 8 nitrogen and oxygen atoms in total. The molecule has 3 aliphatic rings. The summed E-state index contributed by atoms with van der Waals surface area (Å²) in [5.74, 6) is -0.134. The smallest absolute Gasteiger partial charge is 0.256 e. The highest BCUT2D eigenvalue weighted by Crippen LogP contribution is 2.47. The molecule has 0 radical (unpaired) electrons. The summed E-state index contributed by atoms with van der Waals surface area (Å²) >= 11 is 0. The standard InChI is InChI=1S/C34H38FN5O3/c1-38-15-7-11-23(38)12-14-37-34(42)26-20-40-28-16-21-8-3-4-9-22(21)17-29(28)43-33-30(40)25(32(26)41)18-27(35)31(33)39(2)24-10-5-6-13-36-19-24/h3-4,8-9,16-18,20,23-24,36H,5-7,10-15,19H2,1-2H3,(H,37,42). The van der Waals surface area contributed by atoms with Crippen LogP contribution in [0.5, 0.6) is 11.5 Å². The maximum atomic E-state index is 16.2. The van der Waals surface area contributed by atoms with Crippen molar-refractivity contribution in [1.29, 1.82) is 0 Å². The molecule has 1 aromatic heterocycles. The van der Waals surface area contributed by atoms with Crippen molar-refractivity contribution < 1.29 is 13.9 Å². The van der Waals surface area contributed by atoms with E-state index in [0.717, 1.165) is 68.9 Å². The molecule has 0 spiro atoms. The average Bonchev–Trinajstić information content (AvgIpc) is 3.23. The fourth-order valence-corrected chi connectivity index (χ4v) is 7.09. The monoisotopic (exact) mass is 583 g/mol. The van der Waals surface area contributed by atoms with Crippen LogP contribution in [0.25, 0.3) is 27.4 Å². The summed E-state index contributed by atoms with van der Waals surface area (Å²) in [6.07, 6.45) is 7.73. The number of pyridine rings is 1. The van der Waals surface area contributed by atoms with E-state index in [1.165, 1.54) is 6.07 Å². The van der Waals surface area contributed by atoms with Gasteiger partial charge in [0.05, 0.1) is 11.1 Å². The van der Waals surface area contributed by atoms with E-state index >= 15 is 4.39 Å². The highest BCUT2D eigenvalue weighted by atomic mass is 19.1. The van der Waals surface area contributed by atoms with Gasteiger partial charge >= 0.3 is 0 Å². The van der Waals surface area contributed by atoms with E-state index in [9.17, 15) is 9.59 Å². The van der Waals surface area contributed by atoms with Crippen LogP contribution in [-0.4, -0.2) is 67.7 Å². The molecule has 1 amide bonds. The Labute approximate surface area is 250 Å². The number of nitrogens with one attached hydrogen (secondary N) is 2. The van der Waals surface area contributed by atoms with Crippen LogP contribution in [0.3, 0.4) is 0 Å². The third-order valence-corrected chi connectivity index (χ3v) is 9.57. The first-order valence-electron chi connectivity index (χ1n) is 15.5. The second kappa shape index (κ2) is 11.3. The maximum absolute atomic E-state index is 16.2. The minimum Gasteiger partial charge on any atom is -0.451 e. The third-order valence-electron chi connectivity index (χ3n) is 9.57. The second-order valence-electron chi connectivity index (χ2n) is 12.2. The SMILES string of the molecule is CN1CCCC1CCNC(=O)c1cn2c3c(c(N(C)C4CCCCNC4)c(F)cc3c1=O)Oc1cc3ccccc3cc1-2. The number of carbonyl (C=O) groups excluding carboxylic acids is 1. The Bertz CT molecular complexity index is 1780. The van der Waals surface area contributed by atoms with Crippen molar-refractivity contribution >= 4 is 33.3 Å². The van der Waals surface area contributed by atoms with Crippen LogP contribution in [0, 0.1) is 5.82 Å². The van der Waals surface area contributed by atoms with E-state index in [0.29, 0.717) is 41.0 Å². The largest absolute Gasteiger partial charge is 0.451 e. The van der Waals surface area contributed by atoms with Crippen molar-refractivity contribution in [2.75, 3.05) is 45.2 Å². The minimum absolute atomic E-state index is 0.00675. The number of fused-ring (bicyclic) bond motifs is 3. The summed E-state index contributed by atoms with van der Waals surface area (Å²) in [5.41, 5.74) is 0.995. The Kier molecular flexibility index (Phi) is 7.31. The summed E-state index contributed by atoms with van der Waals surface area (Å²) in [6.45, 7) is 3.20. The van der Waals surface area contributed by atoms with E-state index in [1.54, 1.807) is 6.20 Å². The highest BCUT2D eigenvalue weighted by molar-refractivity contribution is 6.02. The molecule has 224 valence electrons. The fourth-order valence-electron chi connectivity index (χ4n) is 7.09. The first-order valence-corrected chi connectivity index (χ1v) is 15.5. The number of likely N-dealkylation sites (tertiary alicyclic amines) is 1. The van der Waals surface area contributed by atoms with E-state index < -0.39 is 17.2 Å². The van der Waals surface area contributed by atoms with Gasteiger partial charge in [0.15, 0.2) is 17.3 Å². The van der Waals surface area contributed by atoms with E-state index in [2.05, 4.69) is 22.6 Å². The summed E-state index contributed by atoms with van der Waals surface area (Å²) in [7, 11) is 4.00. The van der Waals surface area contributed by atoms with Crippen LogP contribution in [-0.2, 0) is 0 Å². The third kappa shape index (κ3) is 4.94. The number of hydrogen-bond acceptors (Lipinski definition) is 6. The Morgan fingerprint density at radius 3 is 2.74 bits per heavy atom. The van der Waals surface area contributed by atoms with Crippen molar-refractivity contribution in [3.63, 3.8) is 0 Å². The van der Waals surface area contributed by atoms with Crippen molar-refractivity contribution in [1.82, 2.24) is 20.1 Å². The van der Waals surface area contributed by atoms with Gasteiger partial charge in [-0.1, -0.05) is 30.7 Å². The number of hydrogen-bond donors (Lipinski definition) is 2. The summed E-state index contributed by atoms with van der Waals surface area (Å²) in [6, 6.07) is 13.7. The van der Waals surface area contributed by atoms with Crippen LogP contribution >= 0.6 is 0 Å². The van der Waals surface area contributed by atoms with Gasteiger partial charge in [-0.05, 0) is 81.2 Å².